The minimum Gasteiger partial charge on any atom is -0.294 e. The van der Waals surface area contributed by atoms with Gasteiger partial charge in [-0.1, -0.05) is 29.8 Å². The van der Waals surface area contributed by atoms with Gasteiger partial charge in [0, 0.05) is 23.6 Å². The first-order valence-corrected chi connectivity index (χ1v) is 6.84. The lowest BCUT2D eigenvalue weighted by atomic mass is 10.0. The van der Waals surface area contributed by atoms with Crippen LogP contribution in [0.3, 0.4) is 0 Å². The molecule has 2 aromatic carbocycles. The fourth-order valence-electron chi connectivity index (χ4n) is 2.21. The van der Waals surface area contributed by atoms with E-state index in [4.69, 9.17) is 11.6 Å². The second-order valence-electron chi connectivity index (χ2n) is 4.72. The van der Waals surface area contributed by atoms with Gasteiger partial charge in [-0.25, -0.2) is 4.39 Å². The van der Waals surface area contributed by atoms with Gasteiger partial charge < -0.3 is 0 Å². The van der Waals surface area contributed by atoms with Crippen LogP contribution in [0.15, 0.2) is 54.7 Å². The summed E-state index contributed by atoms with van der Waals surface area (Å²) in [6.07, 6.45) is 1.68. The lowest BCUT2D eigenvalue weighted by molar-refractivity contribution is 0.0992. The van der Waals surface area contributed by atoms with Crippen molar-refractivity contribution >= 4 is 28.3 Å². The van der Waals surface area contributed by atoms with Crippen LogP contribution in [0.25, 0.3) is 10.9 Å². The van der Waals surface area contributed by atoms with Crippen LogP contribution in [0.2, 0.25) is 5.02 Å². The number of Topliss-reactive ketones (excluding diaryl/α,β-unsaturated/α-hetero) is 1. The molecule has 0 fully saturated rings. The Kier molecular flexibility index (Phi) is 3.67. The Morgan fingerprint density at radius 1 is 1.14 bits per heavy atom. The molecule has 0 unspecified atom stereocenters. The third kappa shape index (κ3) is 2.78. The molecule has 0 aliphatic carbocycles. The first-order valence-electron chi connectivity index (χ1n) is 6.46. The fourth-order valence-corrected chi connectivity index (χ4v) is 2.40. The van der Waals surface area contributed by atoms with Crippen LogP contribution in [0.1, 0.15) is 15.9 Å². The van der Waals surface area contributed by atoms with E-state index in [1.54, 1.807) is 36.5 Å². The first kappa shape index (κ1) is 13.7. The third-order valence-electron chi connectivity index (χ3n) is 3.31. The average Bonchev–Trinajstić information content (AvgIpc) is 2.51. The van der Waals surface area contributed by atoms with Crippen molar-refractivity contribution in [3.63, 3.8) is 0 Å². The van der Waals surface area contributed by atoms with Gasteiger partial charge in [0.05, 0.1) is 10.5 Å². The zero-order chi connectivity index (χ0) is 14.8. The second-order valence-corrected chi connectivity index (χ2v) is 5.13. The first-order chi connectivity index (χ1) is 10.1. The summed E-state index contributed by atoms with van der Waals surface area (Å²) in [6.45, 7) is 0. The SMILES string of the molecule is O=C(Cc1cccc(Cl)c1F)c1ccc2ncccc2c1. The molecule has 3 aromatic rings. The Morgan fingerprint density at radius 3 is 2.86 bits per heavy atom. The van der Waals surface area contributed by atoms with Gasteiger partial charge in [0.2, 0.25) is 0 Å². The maximum Gasteiger partial charge on any atom is 0.167 e. The molecule has 0 bridgehead atoms. The number of aromatic nitrogens is 1. The number of benzene rings is 2. The minimum atomic E-state index is -0.532. The van der Waals surface area contributed by atoms with Gasteiger partial charge in [-0.05, 0) is 35.9 Å². The summed E-state index contributed by atoms with van der Waals surface area (Å²) >= 11 is 5.73. The predicted octanol–water partition coefficient (Wildman–Crippen LogP) is 4.45. The summed E-state index contributed by atoms with van der Waals surface area (Å²) in [5, 5.41) is 0.915. The molecule has 0 saturated carbocycles. The number of ketones is 1. The molecule has 1 aromatic heterocycles. The molecule has 1 heterocycles. The van der Waals surface area contributed by atoms with Crippen molar-refractivity contribution in [3.05, 3.63) is 76.7 Å². The maximum atomic E-state index is 13.8. The van der Waals surface area contributed by atoms with Gasteiger partial charge in [-0.2, -0.15) is 0 Å². The Morgan fingerprint density at radius 2 is 2.00 bits per heavy atom. The highest BCUT2D eigenvalue weighted by Gasteiger charge is 2.13. The quantitative estimate of drug-likeness (QED) is 0.669. The number of nitrogens with zero attached hydrogens (tertiary/aromatic N) is 1. The van der Waals surface area contributed by atoms with Crippen molar-refractivity contribution in [1.29, 1.82) is 0 Å². The summed E-state index contributed by atoms with van der Waals surface area (Å²) in [5.41, 5.74) is 1.66. The number of carbonyl (C=O) groups excluding carboxylic acids is 1. The van der Waals surface area contributed by atoms with E-state index in [0.717, 1.165) is 10.9 Å². The Hall–Kier alpha value is -2.26. The van der Waals surface area contributed by atoms with Crippen molar-refractivity contribution in [2.24, 2.45) is 0 Å². The van der Waals surface area contributed by atoms with Crippen molar-refractivity contribution in [2.45, 2.75) is 6.42 Å². The fraction of sp³-hybridized carbons (Fsp3) is 0.0588. The highest BCUT2D eigenvalue weighted by molar-refractivity contribution is 6.30. The van der Waals surface area contributed by atoms with Crippen molar-refractivity contribution in [2.75, 3.05) is 0 Å². The molecule has 21 heavy (non-hydrogen) atoms. The van der Waals surface area contributed by atoms with Crippen LogP contribution in [0.5, 0.6) is 0 Å². The van der Waals surface area contributed by atoms with Gasteiger partial charge >= 0.3 is 0 Å². The van der Waals surface area contributed by atoms with E-state index < -0.39 is 5.82 Å². The van der Waals surface area contributed by atoms with E-state index in [1.165, 1.54) is 6.07 Å². The van der Waals surface area contributed by atoms with Crippen LogP contribution in [0, 0.1) is 5.82 Å². The zero-order valence-corrected chi connectivity index (χ0v) is 11.8. The van der Waals surface area contributed by atoms with Gasteiger partial charge in [0.15, 0.2) is 5.78 Å². The smallest absolute Gasteiger partial charge is 0.167 e. The van der Waals surface area contributed by atoms with Crippen molar-refractivity contribution < 1.29 is 9.18 Å². The molecule has 4 heteroatoms. The number of hydrogen-bond acceptors (Lipinski definition) is 2. The predicted molar refractivity (Wildman–Crippen MR) is 81.2 cm³/mol. The summed E-state index contributed by atoms with van der Waals surface area (Å²) in [7, 11) is 0. The summed E-state index contributed by atoms with van der Waals surface area (Å²) in [4.78, 5) is 16.5. The molecular formula is C17H11ClFNO. The topological polar surface area (TPSA) is 30.0 Å². The summed E-state index contributed by atoms with van der Waals surface area (Å²) in [5.74, 6) is -0.683. The van der Waals surface area contributed by atoms with Gasteiger partial charge in [-0.15, -0.1) is 0 Å². The summed E-state index contributed by atoms with van der Waals surface area (Å²) in [6, 6.07) is 13.6. The number of pyridine rings is 1. The average molecular weight is 300 g/mol. The molecule has 0 atom stereocenters. The number of rotatable bonds is 3. The number of halogens is 2. The Balaban J connectivity index is 1.91. The Bertz CT molecular complexity index is 832. The lowest BCUT2D eigenvalue weighted by Crippen LogP contribution is -2.05. The third-order valence-corrected chi connectivity index (χ3v) is 3.60. The number of hydrogen-bond donors (Lipinski definition) is 0. The van der Waals surface area contributed by atoms with Crippen LogP contribution in [0.4, 0.5) is 4.39 Å². The molecule has 0 aliphatic heterocycles. The maximum absolute atomic E-state index is 13.8. The molecule has 0 radical (unpaired) electrons. The second kappa shape index (κ2) is 5.62. The molecule has 2 nitrogen and oxygen atoms in total. The van der Waals surface area contributed by atoms with E-state index in [0.29, 0.717) is 11.1 Å². The molecule has 0 amide bonds. The van der Waals surface area contributed by atoms with Crippen LogP contribution in [-0.2, 0) is 6.42 Å². The van der Waals surface area contributed by atoms with Crippen LogP contribution in [-0.4, -0.2) is 10.8 Å². The van der Waals surface area contributed by atoms with E-state index >= 15 is 0 Å². The number of carbonyl (C=O) groups is 1. The van der Waals surface area contributed by atoms with Crippen LogP contribution < -0.4 is 0 Å². The molecule has 0 spiro atoms. The lowest BCUT2D eigenvalue weighted by Gasteiger charge is -2.05. The zero-order valence-electron chi connectivity index (χ0n) is 11.0. The standard InChI is InChI=1S/C17H11ClFNO/c18-14-5-1-3-13(17(14)19)10-16(21)12-6-7-15-11(9-12)4-2-8-20-15/h1-9H,10H2. The van der Waals surface area contributed by atoms with Crippen LogP contribution >= 0.6 is 11.6 Å². The molecule has 0 N–H and O–H groups in total. The highest BCUT2D eigenvalue weighted by atomic mass is 35.5. The molecular weight excluding hydrogens is 289 g/mol. The molecule has 3 rings (SSSR count). The Labute approximate surface area is 126 Å². The summed E-state index contributed by atoms with van der Waals surface area (Å²) < 4.78 is 13.8. The van der Waals surface area contributed by atoms with Crippen molar-refractivity contribution in [3.8, 4) is 0 Å². The monoisotopic (exact) mass is 299 g/mol. The van der Waals surface area contributed by atoms with Crippen molar-refractivity contribution in [1.82, 2.24) is 4.98 Å². The normalized spacial score (nSPS) is 10.8. The van der Waals surface area contributed by atoms with Gasteiger partial charge in [-0.3, -0.25) is 9.78 Å². The molecule has 0 aliphatic rings. The largest absolute Gasteiger partial charge is 0.294 e. The molecule has 0 saturated heterocycles. The van der Waals surface area contributed by atoms with E-state index in [9.17, 15) is 9.18 Å². The van der Waals surface area contributed by atoms with Gasteiger partial charge in [0.1, 0.15) is 5.82 Å². The van der Waals surface area contributed by atoms with E-state index in [-0.39, 0.29) is 17.2 Å². The van der Waals surface area contributed by atoms with E-state index in [1.807, 2.05) is 12.1 Å². The minimum absolute atomic E-state index is 0.0157. The highest BCUT2D eigenvalue weighted by Crippen LogP contribution is 2.20. The van der Waals surface area contributed by atoms with E-state index in [2.05, 4.69) is 4.98 Å². The molecule has 104 valence electrons. The number of fused-ring (bicyclic) bond motifs is 1. The van der Waals surface area contributed by atoms with Gasteiger partial charge in [0.25, 0.3) is 0 Å².